The van der Waals surface area contributed by atoms with Gasteiger partial charge in [-0.25, -0.2) is 4.79 Å². The summed E-state index contributed by atoms with van der Waals surface area (Å²) in [4.78, 5) is 25.1. The first-order valence-electron chi connectivity index (χ1n) is 8.82. The maximum absolute atomic E-state index is 12.7. The van der Waals surface area contributed by atoms with Gasteiger partial charge in [-0.05, 0) is 54.8 Å². The van der Waals surface area contributed by atoms with Crippen LogP contribution in [0.5, 0.6) is 0 Å². The maximum Gasteiger partial charge on any atom is 0.492 e. The zero-order chi connectivity index (χ0) is 18.1. The van der Waals surface area contributed by atoms with Crippen molar-refractivity contribution in [3.8, 4) is 0 Å². The van der Waals surface area contributed by atoms with Crippen molar-refractivity contribution >= 4 is 24.5 Å². The Labute approximate surface area is 148 Å². The average molecular weight is 345 g/mol. The van der Waals surface area contributed by atoms with Gasteiger partial charge in [0.05, 0.1) is 6.61 Å². The molecule has 1 aromatic carbocycles. The molecule has 0 bridgehead atoms. The van der Waals surface area contributed by atoms with Gasteiger partial charge in [0.2, 0.25) is 0 Å². The molecule has 1 atom stereocenters. The molecule has 2 aliphatic rings. The van der Waals surface area contributed by atoms with E-state index in [2.05, 4.69) is 5.32 Å². The Bertz CT molecular complexity index is 686. The first-order chi connectivity index (χ1) is 11.9. The molecule has 1 unspecified atom stereocenters. The molecule has 1 fully saturated rings. The quantitative estimate of drug-likeness (QED) is 0.616. The summed E-state index contributed by atoms with van der Waals surface area (Å²) in [6, 6.07) is 2.80. The Morgan fingerprint density at radius 1 is 1.36 bits per heavy atom. The molecule has 1 aliphatic heterocycles. The number of carbonyl (C=O) groups excluding carboxylic acids is 2. The van der Waals surface area contributed by atoms with Crippen LogP contribution in [0.4, 0.5) is 0 Å². The molecule has 1 amide bonds. The van der Waals surface area contributed by atoms with E-state index >= 15 is 0 Å². The molecule has 0 spiro atoms. The van der Waals surface area contributed by atoms with Crippen LogP contribution in [-0.2, 0) is 20.8 Å². The number of amides is 1. The van der Waals surface area contributed by atoms with Crippen molar-refractivity contribution in [3.05, 3.63) is 28.8 Å². The number of nitrogens with one attached hydrogen (secondary N) is 1. The molecule has 0 aromatic heterocycles. The van der Waals surface area contributed by atoms with E-state index in [1.54, 1.807) is 19.1 Å². The van der Waals surface area contributed by atoms with Gasteiger partial charge in [-0.3, -0.25) is 4.79 Å². The van der Waals surface area contributed by atoms with Crippen molar-refractivity contribution in [2.24, 2.45) is 5.92 Å². The Morgan fingerprint density at radius 2 is 2.08 bits per heavy atom. The van der Waals surface area contributed by atoms with Gasteiger partial charge in [0.25, 0.3) is 5.91 Å². The van der Waals surface area contributed by atoms with Gasteiger partial charge >= 0.3 is 13.1 Å². The number of fused-ring (bicyclic) bond motifs is 1. The molecular weight excluding hydrogens is 321 g/mol. The standard InChI is InChI=1S/C18H24BNO5/c1-10(2)16(18(22)25-13-5-4-6-13)20-17(21)14-8-7-12-9-24-19(23)15(12)11(14)3/h7-8,10,13,16,23H,4-6,9H2,1-3H3,(H,20,21). The lowest BCUT2D eigenvalue weighted by atomic mass is 9.75. The summed E-state index contributed by atoms with van der Waals surface area (Å²) in [5.74, 6) is -0.806. The SMILES string of the molecule is Cc1c(C(=O)NC(C(=O)OC2CCC2)C(C)C)ccc2c1B(O)OC2. The summed E-state index contributed by atoms with van der Waals surface area (Å²) in [7, 11) is -1.01. The molecule has 7 heteroatoms. The van der Waals surface area contributed by atoms with Crippen LogP contribution < -0.4 is 10.8 Å². The second-order valence-corrected chi connectivity index (χ2v) is 7.16. The molecule has 1 aromatic rings. The largest absolute Gasteiger partial charge is 0.492 e. The van der Waals surface area contributed by atoms with E-state index < -0.39 is 13.2 Å². The van der Waals surface area contributed by atoms with Gasteiger partial charge in [-0.1, -0.05) is 19.9 Å². The van der Waals surface area contributed by atoms with E-state index in [4.69, 9.17) is 9.39 Å². The predicted molar refractivity (Wildman–Crippen MR) is 93.4 cm³/mol. The van der Waals surface area contributed by atoms with Crippen molar-refractivity contribution in [2.75, 3.05) is 0 Å². The van der Waals surface area contributed by atoms with Gasteiger partial charge in [0, 0.05) is 5.56 Å². The van der Waals surface area contributed by atoms with Crippen molar-refractivity contribution in [2.45, 2.75) is 58.8 Å². The van der Waals surface area contributed by atoms with Crippen LogP contribution in [-0.4, -0.2) is 36.2 Å². The van der Waals surface area contributed by atoms with E-state index in [0.29, 0.717) is 23.2 Å². The Kier molecular flexibility index (Phi) is 5.15. The summed E-state index contributed by atoms with van der Waals surface area (Å²) in [6.07, 6.45) is 2.85. The minimum atomic E-state index is -1.01. The topological polar surface area (TPSA) is 84.9 Å². The van der Waals surface area contributed by atoms with Gasteiger partial charge in [0.1, 0.15) is 12.1 Å². The lowest BCUT2D eigenvalue weighted by molar-refractivity contribution is -0.156. The molecule has 0 radical (unpaired) electrons. The van der Waals surface area contributed by atoms with Crippen molar-refractivity contribution < 1.29 is 24.0 Å². The van der Waals surface area contributed by atoms with E-state index in [1.165, 1.54) is 0 Å². The molecule has 1 aliphatic carbocycles. The third kappa shape index (κ3) is 3.57. The van der Waals surface area contributed by atoms with E-state index in [-0.39, 0.29) is 23.9 Å². The number of esters is 1. The molecule has 25 heavy (non-hydrogen) atoms. The van der Waals surface area contributed by atoms with Crippen LogP contribution in [0.15, 0.2) is 12.1 Å². The minimum Gasteiger partial charge on any atom is -0.461 e. The first-order valence-corrected chi connectivity index (χ1v) is 8.82. The molecule has 0 saturated heterocycles. The molecular formula is C18H24BNO5. The second kappa shape index (κ2) is 7.18. The summed E-state index contributed by atoms with van der Waals surface area (Å²) in [5, 5.41) is 12.7. The van der Waals surface area contributed by atoms with Crippen LogP contribution in [0.3, 0.4) is 0 Å². The Morgan fingerprint density at radius 3 is 2.68 bits per heavy atom. The smallest absolute Gasteiger partial charge is 0.461 e. The molecule has 2 N–H and O–H groups in total. The lowest BCUT2D eigenvalue weighted by Crippen LogP contribution is -2.47. The van der Waals surface area contributed by atoms with E-state index in [0.717, 1.165) is 24.8 Å². The summed E-state index contributed by atoms with van der Waals surface area (Å²) in [6.45, 7) is 5.87. The van der Waals surface area contributed by atoms with Crippen LogP contribution in [0.2, 0.25) is 0 Å². The second-order valence-electron chi connectivity index (χ2n) is 7.16. The third-order valence-electron chi connectivity index (χ3n) is 5.04. The van der Waals surface area contributed by atoms with Gasteiger partial charge < -0.3 is 19.7 Å². The molecule has 1 heterocycles. The Balaban J connectivity index is 1.75. The number of carbonyl (C=O) groups is 2. The van der Waals surface area contributed by atoms with E-state index in [1.807, 2.05) is 13.8 Å². The molecule has 3 rings (SSSR count). The first kappa shape index (κ1) is 18.0. The fourth-order valence-corrected chi connectivity index (χ4v) is 3.20. The fraction of sp³-hybridized carbons (Fsp3) is 0.556. The zero-order valence-corrected chi connectivity index (χ0v) is 14.9. The number of rotatable bonds is 5. The zero-order valence-electron chi connectivity index (χ0n) is 14.9. The fourth-order valence-electron chi connectivity index (χ4n) is 3.20. The Hall–Kier alpha value is -1.86. The summed E-state index contributed by atoms with van der Waals surface area (Å²) < 4.78 is 10.7. The molecule has 134 valence electrons. The minimum absolute atomic E-state index is 0.0142. The van der Waals surface area contributed by atoms with E-state index in [9.17, 15) is 14.6 Å². The van der Waals surface area contributed by atoms with Gasteiger partial charge in [0.15, 0.2) is 0 Å². The highest BCUT2D eigenvalue weighted by molar-refractivity contribution is 6.62. The monoisotopic (exact) mass is 345 g/mol. The number of ether oxygens (including phenoxy) is 1. The molecule has 1 saturated carbocycles. The predicted octanol–water partition coefficient (Wildman–Crippen LogP) is 1.06. The number of hydrogen-bond donors (Lipinski definition) is 2. The van der Waals surface area contributed by atoms with Crippen LogP contribution in [0.25, 0.3) is 0 Å². The normalized spacial score (nSPS) is 17.9. The lowest BCUT2D eigenvalue weighted by Gasteiger charge is -2.29. The number of benzene rings is 1. The van der Waals surface area contributed by atoms with Crippen LogP contribution in [0, 0.1) is 12.8 Å². The van der Waals surface area contributed by atoms with Gasteiger partial charge in [-0.2, -0.15) is 0 Å². The summed E-state index contributed by atoms with van der Waals surface area (Å²) in [5.41, 5.74) is 2.64. The van der Waals surface area contributed by atoms with Crippen LogP contribution >= 0.6 is 0 Å². The van der Waals surface area contributed by atoms with Crippen molar-refractivity contribution in [3.63, 3.8) is 0 Å². The highest BCUT2D eigenvalue weighted by Gasteiger charge is 2.33. The highest BCUT2D eigenvalue weighted by atomic mass is 16.5. The van der Waals surface area contributed by atoms with Gasteiger partial charge in [-0.15, -0.1) is 0 Å². The maximum atomic E-state index is 12.7. The third-order valence-corrected chi connectivity index (χ3v) is 5.04. The number of hydrogen-bond acceptors (Lipinski definition) is 5. The highest BCUT2D eigenvalue weighted by Crippen LogP contribution is 2.23. The van der Waals surface area contributed by atoms with Crippen molar-refractivity contribution in [1.29, 1.82) is 0 Å². The van der Waals surface area contributed by atoms with Crippen LogP contribution in [0.1, 0.15) is 54.6 Å². The average Bonchev–Trinajstić information content (AvgIpc) is 2.90. The van der Waals surface area contributed by atoms with Crippen molar-refractivity contribution in [1.82, 2.24) is 5.32 Å². The summed E-state index contributed by atoms with van der Waals surface area (Å²) >= 11 is 0. The molecule has 6 nitrogen and oxygen atoms in total.